The normalized spacial score (nSPS) is 39.2. The molecule has 0 saturated heterocycles. The molecule has 0 amide bonds. The molecule has 0 aromatic heterocycles. The van der Waals surface area contributed by atoms with Crippen molar-refractivity contribution in [2.24, 2.45) is 40.4 Å². The molecule has 0 aromatic carbocycles. The summed E-state index contributed by atoms with van der Waals surface area (Å²) in [5.74, 6) is 4.81. The van der Waals surface area contributed by atoms with Crippen LogP contribution in [0.1, 0.15) is 140 Å². The van der Waals surface area contributed by atoms with Crippen LogP contribution in [0.3, 0.4) is 0 Å². The molecule has 0 bridgehead atoms. The third-order valence-electron chi connectivity index (χ3n) is 9.60. The summed E-state index contributed by atoms with van der Waals surface area (Å²) >= 11 is 0. The molecular weight excluding hydrogens is 360 g/mol. The number of unbranched alkanes of at least 4 members (excludes halogenated alkanes) is 1. The van der Waals surface area contributed by atoms with Crippen LogP contribution in [0.25, 0.3) is 0 Å². The van der Waals surface area contributed by atoms with E-state index in [1.54, 1.807) is 0 Å². The van der Waals surface area contributed by atoms with Crippen LogP contribution in [0.2, 0.25) is 0 Å². The van der Waals surface area contributed by atoms with E-state index in [9.17, 15) is 0 Å². The third kappa shape index (κ3) is 5.20. The molecular formula is C30H60. The van der Waals surface area contributed by atoms with Crippen LogP contribution in [-0.2, 0) is 0 Å². The van der Waals surface area contributed by atoms with Crippen molar-refractivity contribution in [1.29, 1.82) is 0 Å². The van der Waals surface area contributed by atoms with Gasteiger partial charge < -0.3 is 0 Å². The lowest BCUT2D eigenvalue weighted by atomic mass is 9.45. The Kier molecular flexibility index (Phi) is 13.2. The van der Waals surface area contributed by atoms with Crippen LogP contribution in [0.4, 0.5) is 0 Å². The Morgan fingerprint density at radius 2 is 1.53 bits per heavy atom. The summed E-state index contributed by atoms with van der Waals surface area (Å²) in [5, 5.41) is 0. The Morgan fingerprint density at radius 1 is 0.900 bits per heavy atom. The van der Waals surface area contributed by atoms with Gasteiger partial charge in [0.15, 0.2) is 0 Å². The topological polar surface area (TPSA) is 0 Å². The molecule has 3 saturated carbocycles. The average Bonchev–Trinajstić information content (AvgIpc) is 3.16. The first-order chi connectivity index (χ1) is 13.9. The van der Waals surface area contributed by atoms with Gasteiger partial charge in [-0.2, -0.15) is 0 Å². The Balaban J connectivity index is 0.00000159. The predicted octanol–water partition coefficient (Wildman–Crippen LogP) is 10.7. The second-order valence-corrected chi connectivity index (χ2v) is 10.3. The van der Waals surface area contributed by atoms with Crippen molar-refractivity contribution in [1.82, 2.24) is 0 Å². The van der Waals surface area contributed by atoms with E-state index < -0.39 is 0 Å². The average molecular weight is 421 g/mol. The lowest BCUT2D eigenvalue weighted by molar-refractivity contribution is -0.104. The SMILES string of the molecule is C.C=C(C)C1CCC2C3CCC(CC)C(C)(CCCC)C3CCC12CC.CC.CC. The van der Waals surface area contributed by atoms with Gasteiger partial charge in [-0.3, -0.25) is 0 Å². The quantitative estimate of drug-likeness (QED) is 0.375. The Bertz CT molecular complexity index is 476. The van der Waals surface area contributed by atoms with Crippen molar-refractivity contribution in [3.63, 3.8) is 0 Å². The van der Waals surface area contributed by atoms with Gasteiger partial charge >= 0.3 is 0 Å². The Labute approximate surface area is 193 Å². The highest BCUT2D eigenvalue weighted by molar-refractivity contribution is 5.15. The monoisotopic (exact) mass is 420 g/mol. The Morgan fingerprint density at radius 3 is 2.03 bits per heavy atom. The van der Waals surface area contributed by atoms with Gasteiger partial charge in [0.2, 0.25) is 0 Å². The number of hydrogen-bond acceptors (Lipinski definition) is 0. The van der Waals surface area contributed by atoms with Gasteiger partial charge in [-0.1, -0.05) is 94.2 Å². The van der Waals surface area contributed by atoms with Crippen LogP contribution >= 0.6 is 0 Å². The zero-order valence-electron chi connectivity index (χ0n) is 21.9. The third-order valence-corrected chi connectivity index (χ3v) is 9.60. The van der Waals surface area contributed by atoms with E-state index in [0.29, 0.717) is 10.8 Å². The summed E-state index contributed by atoms with van der Waals surface area (Å²) in [4.78, 5) is 0. The van der Waals surface area contributed by atoms with Crippen LogP contribution in [-0.4, -0.2) is 0 Å². The van der Waals surface area contributed by atoms with Gasteiger partial charge in [-0.15, -0.1) is 0 Å². The zero-order chi connectivity index (χ0) is 22.2. The summed E-state index contributed by atoms with van der Waals surface area (Å²) in [5.41, 5.74) is 2.71. The first kappa shape index (κ1) is 29.7. The lowest BCUT2D eigenvalue weighted by Crippen LogP contribution is -2.52. The molecule has 0 spiro atoms. The minimum Gasteiger partial charge on any atom is -0.0998 e. The molecule has 3 fully saturated rings. The molecule has 3 rings (SSSR count). The predicted molar refractivity (Wildman–Crippen MR) is 140 cm³/mol. The molecule has 3 aliphatic carbocycles. The molecule has 180 valence electrons. The van der Waals surface area contributed by atoms with E-state index in [1.165, 1.54) is 76.2 Å². The van der Waals surface area contributed by atoms with E-state index in [2.05, 4.69) is 41.2 Å². The van der Waals surface area contributed by atoms with E-state index >= 15 is 0 Å². The largest absolute Gasteiger partial charge is 0.0998 e. The van der Waals surface area contributed by atoms with E-state index in [0.717, 1.165) is 29.6 Å². The molecule has 7 unspecified atom stereocenters. The lowest BCUT2D eigenvalue weighted by Gasteiger charge is -2.60. The molecule has 0 N–H and O–H groups in total. The first-order valence-electron chi connectivity index (χ1n) is 13.6. The highest BCUT2D eigenvalue weighted by atomic mass is 14.6. The van der Waals surface area contributed by atoms with Gasteiger partial charge in [0.05, 0.1) is 0 Å². The summed E-state index contributed by atoms with van der Waals surface area (Å²) in [6, 6.07) is 0. The maximum Gasteiger partial charge on any atom is -0.0149 e. The number of rotatable bonds is 6. The van der Waals surface area contributed by atoms with Crippen molar-refractivity contribution in [2.75, 3.05) is 0 Å². The molecule has 0 heteroatoms. The van der Waals surface area contributed by atoms with Gasteiger partial charge in [-0.25, -0.2) is 0 Å². The zero-order valence-corrected chi connectivity index (χ0v) is 21.9. The number of allylic oxidation sites excluding steroid dienone is 1. The summed E-state index contributed by atoms with van der Waals surface area (Å²) in [7, 11) is 0. The maximum atomic E-state index is 4.42. The first-order valence-corrected chi connectivity index (χ1v) is 13.6. The maximum absolute atomic E-state index is 4.42. The molecule has 0 aliphatic heterocycles. The molecule has 7 atom stereocenters. The molecule has 0 nitrogen and oxygen atoms in total. The second-order valence-electron chi connectivity index (χ2n) is 10.3. The van der Waals surface area contributed by atoms with Crippen molar-refractivity contribution in [3.05, 3.63) is 12.2 Å². The number of hydrogen-bond donors (Lipinski definition) is 0. The standard InChI is InChI=1S/C25H44.2C2H6.CH4/c1-7-10-16-24(6)19(8-2)11-12-20-22(24)15-17-25(9-3)21(18(4)5)13-14-23(20)25;2*1-2;/h19-23H,4,7-17H2,1-3,5-6H3;2*1-2H3;1H4. The van der Waals surface area contributed by atoms with Gasteiger partial charge in [-0.05, 0) is 98.7 Å². The fraction of sp³-hybridized carbons (Fsp3) is 0.933. The van der Waals surface area contributed by atoms with Crippen LogP contribution in [0.5, 0.6) is 0 Å². The van der Waals surface area contributed by atoms with E-state index in [1.807, 2.05) is 27.7 Å². The van der Waals surface area contributed by atoms with Crippen LogP contribution < -0.4 is 0 Å². The fourth-order valence-corrected chi connectivity index (χ4v) is 8.39. The van der Waals surface area contributed by atoms with E-state index in [4.69, 9.17) is 0 Å². The number of fused-ring (bicyclic) bond motifs is 3. The van der Waals surface area contributed by atoms with E-state index in [-0.39, 0.29) is 7.43 Å². The van der Waals surface area contributed by atoms with Gasteiger partial charge in [0.25, 0.3) is 0 Å². The van der Waals surface area contributed by atoms with Crippen molar-refractivity contribution >= 4 is 0 Å². The smallest absolute Gasteiger partial charge is 0.0149 e. The molecule has 0 aromatic rings. The minimum atomic E-state index is 0. The molecule has 30 heavy (non-hydrogen) atoms. The molecule has 0 radical (unpaired) electrons. The van der Waals surface area contributed by atoms with Crippen LogP contribution in [0, 0.1) is 40.4 Å². The van der Waals surface area contributed by atoms with Gasteiger partial charge in [0, 0.05) is 0 Å². The van der Waals surface area contributed by atoms with Crippen molar-refractivity contribution < 1.29 is 0 Å². The van der Waals surface area contributed by atoms with Crippen LogP contribution in [0.15, 0.2) is 12.2 Å². The minimum absolute atomic E-state index is 0. The highest BCUT2D eigenvalue weighted by Crippen LogP contribution is 2.68. The van der Waals surface area contributed by atoms with Crippen molar-refractivity contribution in [3.8, 4) is 0 Å². The molecule has 3 aliphatic rings. The second kappa shape index (κ2) is 13.3. The fourth-order valence-electron chi connectivity index (χ4n) is 8.39. The van der Waals surface area contributed by atoms with Gasteiger partial charge in [0.1, 0.15) is 0 Å². The van der Waals surface area contributed by atoms with Crippen molar-refractivity contribution in [2.45, 2.75) is 140 Å². The summed E-state index contributed by atoms with van der Waals surface area (Å²) < 4.78 is 0. The summed E-state index contributed by atoms with van der Waals surface area (Å²) in [6.45, 7) is 24.8. The Hall–Kier alpha value is -0.260. The molecule has 0 heterocycles. The summed E-state index contributed by atoms with van der Waals surface area (Å²) in [6.07, 6.45) is 16.0. The highest BCUT2D eigenvalue weighted by Gasteiger charge is 2.59.